The highest BCUT2D eigenvalue weighted by molar-refractivity contribution is 6.06. The third kappa shape index (κ3) is 8.09. The third-order valence-corrected chi connectivity index (χ3v) is 10.6. The van der Waals surface area contributed by atoms with Gasteiger partial charge in [0.25, 0.3) is 5.91 Å². The quantitative estimate of drug-likeness (QED) is 0.179. The zero-order chi connectivity index (χ0) is 39.7. The predicted molar refractivity (Wildman–Crippen MR) is 219 cm³/mol. The van der Waals surface area contributed by atoms with Crippen LogP contribution in [0.1, 0.15) is 54.7 Å². The molecule has 0 spiro atoms. The minimum atomic E-state index is -0.740. The van der Waals surface area contributed by atoms with Crippen molar-refractivity contribution in [3.8, 4) is 11.3 Å². The second kappa shape index (κ2) is 15.6. The molecule has 8 rings (SSSR count). The fourth-order valence-electron chi connectivity index (χ4n) is 7.66. The average molecular weight is 766 g/mol. The van der Waals surface area contributed by atoms with Crippen molar-refractivity contribution < 1.29 is 19.1 Å². The molecule has 0 saturated carbocycles. The number of ether oxygens (including phenoxy) is 1. The lowest BCUT2D eigenvalue weighted by atomic mass is 10.0. The Morgan fingerprint density at radius 2 is 1.56 bits per heavy atom. The number of amides is 3. The smallest absolute Gasteiger partial charge is 0.411 e. The topological polar surface area (TPSA) is 131 Å². The second-order valence-corrected chi connectivity index (χ2v) is 15.8. The van der Waals surface area contributed by atoms with Crippen LogP contribution in [0.15, 0.2) is 109 Å². The molecule has 2 aliphatic heterocycles. The summed E-state index contributed by atoms with van der Waals surface area (Å²) in [5, 5.41) is 11.9. The van der Waals surface area contributed by atoms with Gasteiger partial charge in [-0.1, -0.05) is 78.0 Å². The molecule has 57 heavy (non-hydrogen) atoms. The first kappa shape index (κ1) is 37.4. The Balaban J connectivity index is 0.987. The number of nitrogens with zero attached hydrogens (tertiary/aromatic N) is 8. The summed E-state index contributed by atoms with van der Waals surface area (Å²) in [6.45, 7) is 10.4. The maximum absolute atomic E-state index is 14.4. The van der Waals surface area contributed by atoms with E-state index in [1.165, 1.54) is 5.56 Å². The van der Waals surface area contributed by atoms with Gasteiger partial charge in [0.15, 0.2) is 0 Å². The lowest BCUT2D eigenvalue weighted by molar-refractivity contribution is -0.136. The Morgan fingerprint density at radius 3 is 2.30 bits per heavy atom. The third-order valence-electron chi connectivity index (χ3n) is 10.6. The molecule has 2 aliphatic rings. The molecule has 13 heteroatoms. The standard InChI is InChI=1S/C44H47N9O4/c1-30-19-20-32(25-35(30)40(54)45-33-15-9-6-10-16-33)37-29-53(48-47-37)34-26-39(52(28-34)43(56)57-44(2,3)4)41(55)49-21-23-50(24-22-49)42-46-36-17-11-12-18-38(36)51(42)27-31-13-7-5-8-14-31/h5-20,25,29,34,39H,21-24,26-28H2,1-4H3,(H,45,54)/t34?,39-/m1/s1. The number of aryl methyl sites for hydroxylation is 1. The lowest BCUT2D eigenvalue weighted by Crippen LogP contribution is -2.55. The van der Waals surface area contributed by atoms with Gasteiger partial charge < -0.3 is 24.4 Å². The van der Waals surface area contributed by atoms with Gasteiger partial charge in [0.1, 0.15) is 17.3 Å². The van der Waals surface area contributed by atoms with Crippen molar-refractivity contribution in [1.82, 2.24) is 34.3 Å². The summed E-state index contributed by atoms with van der Waals surface area (Å²) >= 11 is 0. The molecule has 4 heterocycles. The molecule has 2 fully saturated rings. The number of fused-ring (bicyclic) bond motifs is 1. The number of piperazine rings is 1. The summed E-state index contributed by atoms with van der Waals surface area (Å²) in [6, 6.07) is 32.4. The predicted octanol–water partition coefficient (Wildman–Crippen LogP) is 6.80. The Bertz CT molecular complexity index is 2400. The molecule has 2 saturated heterocycles. The monoisotopic (exact) mass is 765 g/mol. The van der Waals surface area contributed by atoms with E-state index in [2.05, 4.69) is 43.3 Å². The number of para-hydroxylation sites is 3. The van der Waals surface area contributed by atoms with Gasteiger partial charge in [-0.25, -0.2) is 14.5 Å². The Kier molecular flexibility index (Phi) is 10.2. The molecule has 2 atom stereocenters. The first-order valence-corrected chi connectivity index (χ1v) is 19.4. The zero-order valence-electron chi connectivity index (χ0n) is 32.7. The molecule has 2 aromatic heterocycles. The molecule has 0 bridgehead atoms. The summed E-state index contributed by atoms with van der Waals surface area (Å²) in [5.74, 6) is 0.543. The molecule has 0 radical (unpaired) electrons. The summed E-state index contributed by atoms with van der Waals surface area (Å²) in [4.78, 5) is 52.0. The van der Waals surface area contributed by atoms with Crippen LogP contribution >= 0.6 is 0 Å². The number of aromatic nitrogens is 5. The van der Waals surface area contributed by atoms with Crippen molar-refractivity contribution in [2.45, 2.75) is 58.3 Å². The number of rotatable bonds is 8. The Labute approximate surface area is 331 Å². The van der Waals surface area contributed by atoms with Gasteiger partial charge in [-0.15, -0.1) is 5.10 Å². The number of nitrogens with one attached hydrogen (secondary N) is 1. The maximum atomic E-state index is 14.4. The highest BCUT2D eigenvalue weighted by Crippen LogP contribution is 2.32. The van der Waals surface area contributed by atoms with Crippen molar-refractivity contribution in [3.63, 3.8) is 0 Å². The van der Waals surface area contributed by atoms with E-state index in [4.69, 9.17) is 9.72 Å². The number of carbonyl (C=O) groups excluding carboxylic acids is 3. The zero-order valence-corrected chi connectivity index (χ0v) is 32.7. The van der Waals surface area contributed by atoms with Crippen molar-refractivity contribution in [2.24, 2.45) is 0 Å². The largest absolute Gasteiger partial charge is 0.444 e. The highest BCUT2D eigenvalue weighted by atomic mass is 16.6. The molecule has 0 aliphatic carbocycles. The van der Waals surface area contributed by atoms with Crippen LogP contribution in [-0.4, -0.2) is 96.6 Å². The number of carbonyl (C=O) groups is 3. The van der Waals surface area contributed by atoms with Crippen molar-refractivity contribution in [1.29, 1.82) is 0 Å². The molecule has 292 valence electrons. The van der Waals surface area contributed by atoms with Gasteiger partial charge in [-0.05, 0) is 69.2 Å². The van der Waals surface area contributed by atoms with Crippen LogP contribution in [0.5, 0.6) is 0 Å². The fourth-order valence-corrected chi connectivity index (χ4v) is 7.66. The molecule has 13 nitrogen and oxygen atoms in total. The summed E-state index contributed by atoms with van der Waals surface area (Å²) < 4.78 is 9.79. The number of imidazole rings is 1. The van der Waals surface area contributed by atoms with Crippen molar-refractivity contribution in [3.05, 3.63) is 126 Å². The van der Waals surface area contributed by atoms with Gasteiger partial charge in [0.05, 0.1) is 29.8 Å². The minimum absolute atomic E-state index is 0.117. The van der Waals surface area contributed by atoms with E-state index in [1.54, 1.807) is 9.58 Å². The second-order valence-electron chi connectivity index (χ2n) is 15.8. The van der Waals surface area contributed by atoms with Crippen LogP contribution in [0.25, 0.3) is 22.3 Å². The van der Waals surface area contributed by atoms with E-state index in [0.29, 0.717) is 56.1 Å². The number of benzene rings is 4. The molecular formula is C44H47N9O4. The molecule has 3 amide bonds. The fraction of sp³-hybridized carbons (Fsp3) is 0.318. The summed E-state index contributed by atoms with van der Waals surface area (Å²) in [7, 11) is 0. The van der Waals surface area contributed by atoms with E-state index in [1.807, 2.05) is 124 Å². The van der Waals surface area contributed by atoms with Crippen molar-refractivity contribution >= 4 is 40.6 Å². The molecule has 6 aromatic rings. The van der Waals surface area contributed by atoms with Gasteiger partial charge in [0.2, 0.25) is 11.9 Å². The first-order valence-electron chi connectivity index (χ1n) is 19.4. The van der Waals surface area contributed by atoms with Crippen LogP contribution in [0.4, 0.5) is 16.4 Å². The van der Waals surface area contributed by atoms with Gasteiger partial charge in [-0.3, -0.25) is 14.5 Å². The Morgan fingerprint density at radius 1 is 0.860 bits per heavy atom. The molecular weight excluding hydrogens is 719 g/mol. The highest BCUT2D eigenvalue weighted by Gasteiger charge is 2.44. The van der Waals surface area contributed by atoms with Crippen molar-refractivity contribution in [2.75, 3.05) is 42.9 Å². The normalized spacial score (nSPS) is 17.2. The molecule has 1 unspecified atom stereocenters. The van der Waals surface area contributed by atoms with Crippen LogP contribution in [0.2, 0.25) is 0 Å². The van der Waals surface area contributed by atoms with E-state index in [-0.39, 0.29) is 24.4 Å². The number of anilines is 2. The van der Waals surface area contributed by atoms with Crippen LogP contribution < -0.4 is 10.2 Å². The van der Waals surface area contributed by atoms with Crippen LogP contribution in [0, 0.1) is 6.92 Å². The van der Waals surface area contributed by atoms with Gasteiger partial charge in [-0.2, -0.15) is 0 Å². The average Bonchev–Trinajstić information content (AvgIpc) is 3.96. The SMILES string of the molecule is Cc1ccc(-c2cn(C3C[C@H](C(=O)N4CCN(c5nc6ccccc6n5Cc5ccccc5)CC4)N(C(=O)OC(C)(C)C)C3)nn2)cc1C(=O)Nc1ccccc1. The lowest BCUT2D eigenvalue weighted by Gasteiger charge is -2.38. The molecule has 1 N–H and O–H groups in total. The van der Waals surface area contributed by atoms with E-state index in [9.17, 15) is 14.4 Å². The van der Waals surface area contributed by atoms with E-state index < -0.39 is 17.7 Å². The van der Waals surface area contributed by atoms with E-state index in [0.717, 1.165) is 28.1 Å². The summed E-state index contributed by atoms with van der Waals surface area (Å²) in [5.41, 5.74) is 5.82. The molecule has 4 aromatic carbocycles. The summed E-state index contributed by atoms with van der Waals surface area (Å²) in [6.07, 6.45) is 1.63. The van der Waals surface area contributed by atoms with Gasteiger partial charge in [0, 0.05) is 56.0 Å². The Hall–Kier alpha value is -6.50. The van der Waals surface area contributed by atoms with E-state index >= 15 is 0 Å². The minimum Gasteiger partial charge on any atom is -0.444 e. The number of hydrogen-bond acceptors (Lipinski definition) is 8. The first-order chi connectivity index (χ1) is 27.5. The number of likely N-dealkylation sites (tertiary alicyclic amines) is 1. The maximum Gasteiger partial charge on any atom is 0.411 e. The van der Waals surface area contributed by atoms with Crippen LogP contribution in [0.3, 0.4) is 0 Å². The van der Waals surface area contributed by atoms with Crippen LogP contribution in [-0.2, 0) is 16.1 Å². The van der Waals surface area contributed by atoms with Gasteiger partial charge >= 0.3 is 6.09 Å². The number of hydrogen-bond donors (Lipinski definition) is 1.